The number of anilines is 1. The minimum absolute atomic E-state index is 0.112. The molecule has 0 radical (unpaired) electrons. The average Bonchev–Trinajstić information content (AvgIpc) is 3.35. The topological polar surface area (TPSA) is 107 Å². The van der Waals surface area contributed by atoms with Gasteiger partial charge in [-0.05, 0) is 69.5 Å². The Balaban J connectivity index is 1.60. The van der Waals surface area contributed by atoms with Crippen LogP contribution in [0.4, 0.5) is 5.69 Å². The highest BCUT2D eigenvalue weighted by atomic mass is 79.9. The van der Waals surface area contributed by atoms with E-state index in [1.807, 2.05) is 0 Å². The molecule has 12 heteroatoms. The number of hydrazone groups is 1. The Morgan fingerprint density at radius 2 is 1.61 bits per heavy atom. The fourth-order valence-corrected chi connectivity index (χ4v) is 6.71. The van der Waals surface area contributed by atoms with Crippen LogP contribution in [0.2, 0.25) is 0 Å². The summed E-state index contributed by atoms with van der Waals surface area (Å²) < 4.78 is 45.9. The van der Waals surface area contributed by atoms with Crippen LogP contribution < -0.4 is 18.9 Å². The third kappa shape index (κ3) is 5.67. The van der Waals surface area contributed by atoms with Crippen molar-refractivity contribution >= 4 is 59.2 Å². The lowest BCUT2D eigenvalue weighted by Crippen LogP contribution is -2.24. The molecule has 38 heavy (non-hydrogen) atoms. The first-order chi connectivity index (χ1) is 18.1. The number of sulfonamides is 1. The number of rotatable bonds is 8. The van der Waals surface area contributed by atoms with Gasteiger partial charge < -0.3 is 14.2 Å². The number of ether oxygens (including phenoxy) is 3. The van der Waals surface area contributed by atoms with Gasteiger partial charge in [-0.3, -0.25) is 9.52 Å². The number of carbonyl (C=O) groups is 1. The molecule has 0 saturated carbocycles. The van der Waals surface area contributed by atoms with Gasteiger partial charge in [-0.15, -0.1) is 0 Å². The average molecular weight is 667 g/mol. The van der Waals surface area contributed by atoms with E-state index in [9.17, 15) is 13.2 Å². The quantitative estimate of drug-likeness (QED) is 0.329. The third-order valence-corrected chi connectivity index (χ3v) is 8.83. The number of halogens is 2. The first-order valence-corrected chi connectivity index (χ1v) is 14.4. The predicted octanol–water partition coefficient (Wildman–Crippen LogP) is 5.74. The summed E-state index contributed by atoms with van der Waals surface area (Å²) in [6.07, 6.45) is 0.439. The van der Waals surface area contributed by atoms with Crippen molar-refractivity contribution in [3.63, 3.8) is 0 Å². The van der Waals surface area contributed by atoms with Gasteiger partial charge in [0.2, 0.25) is 11.7 Å². The number of hydrogen-bond donors (Lipinski definition) is 1. The molecule has 0 aliphatic carbocycles. The highest BCUT2D eigenvalue weighted by molar-refractivity contribution is 9.11. The number of benzene rings is 3. The van der Waals surface area contributed by atoms with Crippen LogP contribution in [0.3, 0.4) is 0 Å². The van der Waals surface area contributed by atoms with Crippen LogP contribution in [0.15, 0.2) is 73.5 Å². The summed E-state index contributed by atoms with van der Waals surface area (Å²) in [7, 11) is 0.768. The van der Waals surface area contributed by atoms with Crippen molar-refractivity contribution in [2.45, 2.75) is 24.3 Å². The molecular weight excluding hydrogens is 642 g/mol. The molecule has 3 aromatic rings. The first kappa shape index (κ1) is 27.9. The fraction of sp³-hybridized carbons (Fsp3) is 0.231. The fourth-order valence-electron chi connectivity index (χ4n) is 4.15. The molecule has 1 atom stereocenters. The van der Waals surface area contributed by atoms with Gasteiger partial charge in [0.25, 0.3) is 10.0 Å². The van der Waals surface area contributed by atoms with Crippen LogP contribution in [0.5, 0.6) is 17.2 Å². The summed E-state index contributed by atoms with van der Waals surface area (Å²) in [6, 6.07) is 15.0. The van der Waals surface area contributed by atoms with Crippen LogP contribution in [0.1, 0.15) is 30.5 Å². The molecule has 3 aromatic carbocycles. The number of nitrogens with zero attached hydrogens (tertiary/aromatic N) is 2. The van der Waals surface area contributed by atoms with E-state index in [0.717, 1.165) is 11.1 Å². The maximum absolute atomic E-state index is 12.9. The Bertz CT molecular complexity index is 1480. The molecule has 0 aromatic heterocycles. The first-order valence-electron chi connectivity index (χ1n) is 11.3. The van der Waals surface area contributed by atoms with Crippen molar-refractivity contribution in [3.8, 4) is 17.2 Å². The van der Waals surface area contributed by atoms with Gasteiger partial charge >= 0.3 is 0 Å². The maximum atomic E-state index is 12.9. The zero-order valence-electron chi connectivity index (χ0n) is 21.0. The Labute approximate surface area is 238 Å². The number of nitrogens with one attached hydrogen (secondary N) is 1. The lowest BCUT2D eigenvalue weighted by molar-refractivity contribution is -0.130. The molecule has 1 aliphatic heterocycles. The van der Waals surface area contributed by atoms with Gasteiger partial charge in [0, 0.05) is 28.0 Å². The lowest BCUT2D eigenvalue weighted by atomic mass is 9.97. The van der Waals surface area contributed by atoms with E-state index in [1.54, 1.807) is 48.5 Å². The SMILES string of the molecule is COc1cc(C2CC(c3ccc(NS(=O)(=O)c4cc(Br)ccc4Br)cc3)=NN2C(C)=O)cc(OC)c1OC. The molecule has 1 N–H and O–H groups in total. The smallest absolute Gasteiger partial charge is 0.263 e. The zero-order valence-corrected chi connectivity index (χ0v) is 25.0. The van der Waals surface area contributed by atoms with Crippen molar-refractivity contribution < 1.29 is 27.4 Å². The Kier molecular flexibility index (Phi) is 8.34. The summed E-state index contributed by atoms with van der Waals surface area (Å²) in [5.74, 6) is 1.20. The summed E-state index contributed by atoms with van der Waals surface area (Å²) in [5, 5.41) is 6.01. The van der Waals surface area contributed by atoms with Crippen molar-refractivity contribution in [1.29, 1.82) is 0 Å². The van der Waals surface area contributed by atoms with Crippen LogP contribution >= 0.6 is 31.9 Å². The minimum Gasteiger partial charge on any atom is -0.493 e. The normalized spacial score (nSPS) is 15.2. The van der Waals surface area contributed by atoms with E-state index >= 15 is 0 Å². The van der Waals surface area contributed by atoms with Gasteiger partial charge in [-0.25, -0.2) is 13.4 Å². The molecule has 4 rings (SSSR count). The Morgan fingerprint density at radius 1 is 0.974 bits per heavy atom. The van der Waals surface area contributed by atoms with Crippen molar-refractivity contribution in [3.05, 3.63) is 74.7 Å². The van der Waals surface area contributed by atoms with Crippen molar-refractivity contribution in [2.24, 2.45) is 5.10 Å². The molecule has 0 saturated heterocycles. The standard InChI is InChI=1S/C26H25Br2N3O6S/c1-15(32)31-22(17-11-23(35-2)26(37-4)24(12-17)36-3)14-21(29-31)16-5-8-19(9-6-16)30-38(33,34)25-13-18(27)7-10-20(25)28/h5-13,22,30H,14H2,1-4H3. The maximum Gasteiger partial charge on any atom is 0.263 e. The molecule has 0 spiro atoms. The second-order valence-electron chi connectivity index (χ2n) is 8.35. The summed E-state index contributed by atoms with van der Waals surface area (Å²) in [4.78, 5) is 12.6. The summed E-state index contributed by atoms with van der Waals surface area (Å²) in [5.41, 5.74) is 2.61. The van der Waals surface area contributed by atoms with E-state index < -0.39 is 10.0 Å². The number of amides is 1. The molecule has 0 bridgehead atoms. The van der Waals surface area contributed by atoms with E-state index in [2.05, 4.69) is 41.7 Å². The van der Waals surface area contributed by atoms with Crippen LogP contribution in [-0.4, -0.2) is 46.4 Å². The molecule has 1 heterocycles. The Morgan fingerprint density at radius 3 is 2.16 bits per heavy atom. The molecule has 9 nitrogen and oxygen atoms in total. The van der Waals surface area contributed by atoms with Gasteiger partial charge in [0.1, 0.15) is 4.90 Å². The largest absolute Gasteiger partial charge is 0.493 e. The van der Waals surface area contributed by atoms with Gasteiger partial charge in [-0.2, -0.15) is 5.10 Å². The monoisotopic (exact) mass is 665 g/mol. The second kappa shape index (κ2) is 11.3. The highest BCUT2D eigenvalue weighted by Crippen LogP contribution is 2.43. The lowest BCUT2D eigenvalue weighted by Gasteiger charge is -2.22. The minimum atomic E-state index is -3.83. The summed E-state index contributed by atoms with van der Waals surface area (Å²) in [6.45, 7) is 1.45. The van der Waals surface area contributed by atoms with Crippen LogP contribution in [-0.2, 0) is 14.8 Å². The third-order valence-electron chi connectivity index (χ3n) is 5.96. The summed E-state index contributed by atoms with van der Waals surface area (Å²) >= 11 is 6.60. The van der Waals surface area contributed by atoms with Crippen molar-refractivity contribution in [1.82, 2.24) is 5.01 Å². The second-order valence-corrected chi connectivity index (χ2v) is 11.8. The molecule has 1 unspecified atom stereocenters. The zero-order chi connectivity index (χ0) is 27.6. The number of hydrogen-bond acceptors (Lipinski definition) is 7. The van der Waals surface area contributed by atoms with Crippen molar-refractivity contribution in [2.75, 3.05) is 26.1 Å². The van der Waals surface area contributed by atoms with E-state index in [4.69, 9.17) is 14.2 Å². The van der Waals surface area contributed by atoms with Gasteiger partial charge in [0.05, 0.1) is 33.1 Å². The number of methoxy groups -OCH3 is 3. The predicted molar refractivity (Wildman–Crippen MR) is 152 cm³/mol. The van der Waals surface area contributed by atoms with Crippen LogP contribution in [0, 0.1) is 0 Å². The number of carbonyl (C=O) groups excluding carboxylic acids is 1. The van der Waals surface area contributed by atoms with Gasteiger partial charge in [-0.1, -0.05) is 28.1 Å². The molecular formula is C26H25Br2N3O6S. The Hall–Kier alpha value is -3.09. The molecule has 200 valence electrons. The molecule has 1 aliphatic rings. The van der Waals surface area contributed by atoms with E-state index in [1.165, 1.54) is 39.3 Å². The van der Waals surface area contributed by atoms with Crippen LogP contribution in [0.25, 0.3) is 0 Å². The van der Waals surface area contributed by atoms with E-state index in [-0.39, 0.29) is 16.8 Å². The van der Waals surface area contributed by atoms with Gasteiger partial charge in [0.15, 0.2) is 11.5 Å². The molecule has 1 amide bonds. The van der Waals surface area contributed by atoms with E-state index in [0.29, 0.717) is 44.0 Å². The molecule has 0 fully saturated rings. The highest BCUT2D eigenvalue weighted by Gasteiger charge is 2.33.